The first kappa shape index (κ1) is 25.1. The van der Waals surface area contributed by atoms with Crippen molar-refractivity contribution in [3.63, 3.8) is 0 Å². The summed E-state index contributed by atoms with van der Waals surface area (Å²) in [4.78, 5) is 2.15. The summed E-state index contributed by atoms with van der Waals surface area (Å²) in [6, 6.07) is 59.5. The van der Waals surface area contributed by atoms with Crippen molar-refractivity contribution in [2.75, 3.05) is 4.90 Å². The minimum absolute atomic E-state index is 0.188. The van der Waals surface area contributed by atoms with Crippen LogP contribution in [0.2, 0.25) is 0 Å². The topological polar surface area (TPSA) is 8.17 Å². The van der Waals surface area contributed by atoms with Crippen molar-refractivity contribution in [1.29, 1.82) is 0 Å². The highest BCUT2D eigenvalue weighted by molar-refractivity contribution is 6.32. The third-order valence-corrected chi connectivity index (χ3v) is 10.0. The van der Waals surface area contributed by atoms with E-state index in [1.165, 1.54) is 37.8 Å². The second-order valence-electron chi connectivity index (χ2n) is 13.0. The Balaban J connectivity index is 1.10. The van der Waals surface area contributed by atoms with Crippen LogP contribution in [0, 0.1) is 0 Å². The maximum Gasteiger partial charge on any atom is 0.0629 e. The molecule has 0 atom stereocenters. The zero-order chi connectivity index (χ0) is 38.8. The van der Waals surface area contributed by atoms with Crippen LogP contribution >= 0.6 is 0 Å². The van der Waals surface area contributed by atoms with Crippen LogP contribution < -0.4 is 4.90 Å². The summed E-state index contributed by atoms with van der Waals surface area (Å²) in [5.74, 6) is 0. The number of hydrogen-bond acceptors (Lipinski definition) is 1. The van der Waals surface area contributed by atoms with Crippen molar-refractivity contribution >= 4 is 60.4 Å². The number of anilines is 3. The number of fused-ring (bicyclic) bond motifs is 8. The summed E-state index contributed by atoms with van der Waals surface area (Å²) in [6.07, 6.45) is 0. The minimum Gasteiger partial charge on any atom is -0.311 e. The standard InChI is InChI=1S/C50H34N2/c1-4-14-35(15-5-1)36-24-29-41(30-25-36)51(39-16-6-2-7-17-39)42-31-26-37(27-32-42)38-28-33-47-48(34-38)52(40-18-8-3-9-19-40)50-46-23-13-11-21-44(46)43-20-10-12-22-45(43)49(47)50/h1-34H/i1D,4D,5D,14D,15D. The summed E-state index contributed by atoms with van der Waals surface area (Å²) >= 11 is 0. The van der Waals surface area contributed by atoms with Crippen molar-refractivity contribution in [3.05, 3.63) is 206 Å². The van der Waals surface area contributed by atoms with Gasteiger partial charge in [-0.15, -0.1) is 0 Å². The normalized spacial score (nSPS) is 12.8. The molecular weight excluding hydrogens is 629 g/mol. The lowest BCUT2D eigenvalue weighted by atomic mass is 9.96. The van der Waals surface area contributed by atoms with E-state index in [0.717, 1.165) is 39.4 Å². The van der Waals surface area contributed by atoms with Gasteiger partial charge in [0.05, 0.1) is 17.9 Å². The van der Waals surface area contributed by atoms with Gasteiger partial charge in [0.25, 0.3) is 0 Å². The molecule has 10 aromatic rings. The van der Waals surface area contributed by atoms with Gasteiger partial charge < -0.3 is 9.47 Å². The highest BCUT2D eigenvalue weighted by atomic mass is 15.1. The van der Waals surface area contributed by atoms with Crippen molar-refractivity contribution in [2.24, 2.45) is 0 Å². The summed E-state index contributed by atoms with van der Waals surface area (Å²) in [5.41, 5.74) is 9.20. The molecule has 0 spiro atoms. The molecule has 0 aliphatic rings. The fourth-order valence-corrected chi connectivity index (χ4v) is 7.70. The van der Waals surface area contributed by atoms with Gasteiger partial charge in [-0.25, -0.2) is 0 Å². The lowest BCUT2D eigenvalue weighted by molar-refractivity contribution is 1.19. The van der Waals surface area contributed by atoms with Crippen molar-refractivity contribution in [1.82, 2.24) is 4.57 Å². The van der Waals surface area contributed by atoms with Gasteiger partial charge >= 0.3 is 0 Å². The van der Waals surface area contributed by atoms with Crippen LogP contribution in [0.5, 0.6) is 0 Å². The van der Waals surface area contributed by atoms with Crippen LogP contribution in [0.3, 0.4) is 0 Å². The molecule has 244 valence electrons. The molecule has 0 amide bonds. The second-order valence-corrected chi connectivity index (χ2v) is 13.0. The molecule has 2 heteroatoms. The minimum atomic E-state index is -0.398. The maximum atomic E-state index is 8.48. The lowest BCUT2D eigenvalue weighted by Crippen LogP contribution is -2.09. The third kappa shape index (κ3) is 4.96. The first-order valence-electron chi connectivity index (χ1n) is 19.9. The molecule has 52 heavy (non-hydrogen) atoms. The number of aromatic nitrogens is 1. The van der Waals surface area contributed by atoms with Gasteiger partial charge in [-0.1, -0.05) is 152 Å². The van der Waals surface area contributed by atoms with E-state index in [2.05, 4.69) is 143 Å². The summed E-state index contributed by atoms with van der Waals surface area (Å²) in [7, 11) is 0. The quantitative estimate of drug-likeness (QED) is 0.160. The molecule has 0 saturated carbocycles. The average Bonchev–Trinajstić information content (AvgIpc) is 3.62. The summed E-state index contributed by atoms with van der Waals surface area (Å²) in [6.45, 7) is 0. The number of nitrogens with zero attached hydrogens (tertiary/aromatic N) is 2. The van der Waals surface area contributed by atoms with E-state index in [0.29, 0.717) is 5.56 Å². The Labute approximate surface area is 310 Å². The Morgan fingerprint density at radius 3 is 1.54 bits per heavy atom. The molecule has 0 bridgehead atoms. The van der Waals surface area contributed by atoms with Crippen LogP contribution in [0.1, 0.15) is 6.85 Å². The predicted molar refractivity (Wildman–Crippen MR) is 221 cm³/mol. The Kier molecular flexibility index (Phi) is 6.01. The smallest absolute Gasteiger partial charge is 0.0629 e. The molecule has 0 aliphatic carbocycles. The number of para-hydroxylation sites is 2. The van der Waals surface area contributed by atoms with E-state index >= 15 is 0 Å². The lowest BCUT2D eigenvalue weighted by Gasteiger charge is -2.26. The van der Waals surface area contributed by atoms with Crippen LogP contribution in [-0.4, -0.2) is 4.57 Å². The number of rotatable bonds is 6. The number of hydrogen-bond donors (Lipinski definition) is 0. The molecule has 2 nitrogen and oxygen atoms in total. The van der Waals surface area contributed by atoms with E-state index < -0.39 is 6.04 Å². The van der Waals surface area contributed by atoms with E-state index in [1.807, 2.05) is 42.5 Å². The van der Waals surface area contributed by atoms with Crippen LogP contribution in [-0.2, 0) is 0 Å². The molecule has 9 aromatic carbocycles. The molecular formula is C50H34N2. The Hall–Kier alpha value is -6.90. The molecule has 0 unspecified atom stereocenters. The molecule has 1 heterocycles. The van der Waals surface area contributed by atoms with Crippen LogP contribution in [0.4, 0.5) is 17.1 Å². The fourth-order valence-electron chi connectivity index (χ4n) is 7.70. The third-order valence-electron chi connectivity index (χ3n) is 10.0. The van der Waals surface area contributed by atoms with Crippen molar-refractivity contribution < 1.29 is 6.85 Å². The summed E-state index contributed by atoms with van der Waals surface area (Å²) < 4.78 is 43.7. The molecule has 0 aliphatic heterocycles. The molecule has 0 N–H and O–H groups in total. The second kappa shape index (κ2) is 12.5. The van der Waals surface area contributed by atoms with Gasteiger partial charge in [-0.2, -0.15) is 0 Å². The van der Waals surface area contributed by atoms with E-state index in [-0.39, 0.29) is 29.7 Å². The van der Waals surface area contributed by atoms with E-state index in [4.69, 9.17) is 6.85 Å². The SMILES string of the molecule is [2H]c1c([2H])c([2H])c(-c2ccc(N(c3ccccc3)c3ccc(-c4ccc5c6c7ccccc7c7ccccc7c6n(-c6ccccc6)c5c4)cc3)cc2)c([2H])c1[2H]. The fraction of sp³-hybridized carbons (Fsp3) is 0. The van der Waals surface area contributed by atoms with Gasteiger partial charge in [0.2, 0.25) is 0 Å². The molecule has 0 saturated heterocycles. The van der Waals surface area contributed by atoms with E-state index in [9.17, 15) is 0 Å². The Morgan fingerprint density at radius 1 is 0.385 bits per heavy atom. The largest absolute Gasteiger partial charge is 0.311 e. The number of benzene rings is 9. The predicted octanol–water partition coefficient (Wildman–Crippen LogP) is 13.9. The van der Waals surface area contributed by atoms with Crippen LogP contribution in [0.25, 0.3) is 71.3 Å². The van der Waals surface area contributed by atoms with Gasteiger partial charge in [-0.3, -0.25) is 0 Å². The Bertz CT molecular complexity index is 3130. The zero-order valence-corrected chi connectivity index (χ0v) is 28.1. The zero-order valence-electron chi connectivity index (χ0n) is 33.1. The van der Waals surface area contributed by atoms with Gasteiger partial charge in [0.15, 0.2) is 0 Å². The maximum absolute atomic E-state index is 8.48. The molecule has 0 radical (unpaired) electrons. The van der Waals surface area contributed by atoms with Gasteiger partial charge in [0, 0.05) is 38.9 Å². The van der Waals surface area contributed by atoms with Gasteiger partial charge in [-0.05, 0) is 93.0 Å². The first-order chi connectivity index (χ1) is 27.9. The van der Waals surface area contributed by atoms with Crippen molar-refractivity contribution in [2.45, 2.75) is 0 Å². The first-order valence-corrected chi connectivity index (χ1v) is 17.4. The van der Waals surface area contributed by atoms with Crippen molar-refractivity contribution in [3.8, 4) is 27.9 Å². The highest BCUT2D eigenvalue weighted by Gasteiger charge is 2.20. The molecule has 10 rings (SSSR count). The molecule has 1 aromatic heterocycles. The molecule has 0 fully saturated rings. The average molecular weight is 668 g/mol. The Morgan fingerprint density at radius 2 is 0.885 bits per heavy atom. The highest BCUT2D eigenvalue weighted by Crippen LogP contribution is 2.44. The van der Waals surface area contributed by atoms with E-state index in [1.54, 1.807) is 0 Å². The van der Waals surface area contributed by atoms with Gasteiger partial charge in [0.1, 0.15) is 0 Å². The summed E-state index contributed by atoms with van der Waals surface area (Å²) in [5, 5.41) is 7.41. The monoisotopic (exact) mass is 667 g/mol. The van der Waals surface area contributed by atoms with Crippen LogP contribution in [0.15, 0.2) is 206 Å².